The first kappa shape index (κ1) is 25.3. The van der Waals surface area contributed by atoms with Crippen molar-refractivity contribution < 1.29 is 0 Å². The van der Waals surface area contributed by atoms with Crippen LogP contribution in [0.4, 0.5) is 17.1 Å². The first-order valence-corrected chi connectivity index (χ1v) is 15.1. The molecule has 0 saturated carbocycles. The third-order valence-corrected chi connectivity index (χ3v) is 8.57. The predicted molar refractivity (Wildman–Crippen MR) is 185 cm³/mol. The normalized spacial score (nSPS) is 11.6. The second-order valence-corrected chi connectivity index (χ2v) is 11.2. The minimum absolute atomic E-state index is 0.947. The number of aromatic nitrogens is 4. The van der Waals surface area contributed by atoms with E-state index >= 15 is 0 Å². The Bertz CT molecular complexity index is 2240. The van der Waals surface area contributed by atoms with Gasteiger partial charge in [-0.25, -0.2) is 9.97 Å². The van der Waals surface area contributed by atoms with Crippen molar-refractivity contribution in [2.75, 3.05) is 4.90 Å². The molecule has 0 bridgehead atoms. The van der Waals surface area contributed by atoms with Gasteiger partial charge in [0, 0.05) is 62.4 Å². The van der Waals surface area contributed by atoms with Crippen LogP contribution in [-0.2, 0) is 0 Å². The summed E-state index contributed by atoms with van der Waals surface area (Å²) in [6.07, 6.45) is 3.74. The molecule has 9 aromatic rings. The van der Waals surface area contributed by atoms with Gasteiger partial charge in [-0.2, -0.15) is 0 Å². The van der Waals surface area contributed by atoms with Gasteiger partial charge in [-0.15, -0.1) is 0 Å². The smallest absolute Gasteiger partial charge is 0.145 e. The molecule has 212 valence electrons. The van der Waals surface area contributed by atoms with Crippen molar-refractivity contribution in [3.63, 3.8) is 0 Å². The van der Waals surface area contributed by atoms with Gasteiger partial charge in [-0.05, 0) is 84.9 Å². The Morgan fingerprint density at radius 3 is 1.36 bits per heavy atom. The van der Waals surface area contributed by atoms with Gasteiger partial charge in [-0.3, -0.25) is 9.13 Å². The molecule has 0 fully saturated rings. The van der Waals surface area contributed by atoms with Crippen molar-refractivity contribution in [1.82, 2.24) is 19.1 Å². The summed E-state index contributed by atoms with van der Waals surface area (Å²) in [7, 11) is 0. The van der Waals surface area contributed by atoms with Gasteiger partial charge >= 0.3 is 0 Å². The fourth-order valence-corrected chi connectivity index (χ4v) is 6.68. The average molecular weight is 578 g/mol. The maximum atomic E-state index is 4.82. The number of anilines is 3. The number of benzene rings is 5. The van der Waals surface area contributed by atoms with Crippen molar-refractivity contribution in [3.05, 3.63) is 164 Å². The van der Waals surface area contributed by atoms with E-state index in [1.165, 1.54) is 10.8 Å². The van der Waals surface area contributed by atoms with Crippen LogP contribution in [0.25, 0.3) is 55.2 Å². The summed E-state index contributed by atoms with van der Waals surface area (Å²) >= 11 is 0. The van der Waals surface area contributed by atoms with Crippen LogP contribution in [0.5, 0.6) is 0 Å². The Morgan fingerprint density at radius 1 is 0.378 bits per heavy atom. The highest BCUT2D eigenvalue weighted by atomic mass is 15.2. The minimum Gasteiger partial charge on any atom is -0.310 e. The van der Waals surface area contributed by atoms with Gasteiger partial charge in [-0.1, -0.05) is 66.7 Å². The van der Waals surface area contributed by atoms with Crippen LogP contribution in [0.1, 0.15) is 0 Å². The Morgan fingerprint density at radius 2 is 0.822 bits per heavy atom. The van der Waals surface area contributed by atoms with Crippen LogP contribution >= 0.6 is 0 Å². The SMILES string of the molecule is c1ccc(N(c2cccc(-n3c4ccccc4c4cccnc43)c2)c2cccc(-n3c4ccccc4c4cccnc43)c2)cc1. The van der Waals surface area contributed by atoms with E-state index in [-0.39, 0.29) is 0 Å². The molecular formula is C40H27N5. The highest BCUT2D eigenvalue weighted by Gasteiger charge is 2.18. The van der Waals surface area contributed by atoms with Crippen molar-refractivity contribution in [3.8, 4) is 11.4 Å². The number of nitrogens with zero attached hydrogens (tertiary/aromatic N) is 5. The molecule has 0 aliphatic heterocycles. The first-order valence-electron chi connectivity index (χ1n) is 15.1. The largest absolute Gasteiger partial charge is 0.310 e. The summed E-state index contributed by atoms with van der Waals surface area (Å²) in [5.41, 5.74) is 9.46. The molecule has 0 atom stereocenters. The number of hydrogen-bond acceptors (Lipinski definition) is 3. The third kappa shape index (κ3) is 4.02. The summed E-state index contributed by atoms with van der Waals surface area (Å²) in [6.45, 7) is 0. The Balaban J connectivity index is 1.25. The fraction of sp³-hybridized carbons (Fsp3) is 0. The van der Waals surface area contributed by atoms with Crippen LogP contribution in [-0.4, -0.2) is 19.1 Å². The third-order valence-electron chi connectivity index (χ3n) is 8.57. The summed E-state index contributed by atoms with van der Waals surface area (Å²) in [4.78, 5) is 11.9. The number of pyridine rings is 2. The zero-order valence-electron chi connectivity index (χ0n) is 24.3. The van der Waals surface area contributed by atoms with E-state index in [0.717, 1.165) is 61.5 Å². The molecule has 5 aromatic carbocycles. The molecule has 0 aliphatic rings. The second kappa shape index (κ2) is 10.2. The topological polar surface area (TPSA) is 38.9 Å². The maximum absolute atomic E-state index is 4.82. The quantitative estimate of drug-likeness (QED) is 0.204. The standard InChI is InChI=1S/C40H27N5/c1-2-12-28(13-3-1)43(29-14-8-16-31(26-29)44-37-22-6-4-18-33(37)35-20-10-24-41-39(35)44)30-15-9-17-32(27-30)45-38-23-7-5-19-34(38)36-21-11-25-42-40(36)45/h1-27H. The highest BCUT2D eigenvalue weighted by Crippen LogP contribution is 2.39. The molecule has 4 aromatic heterocycles. The van der Waals surface area contributed by atoms with E-state index in [4.69, 9.17) is 9.97 Å². The number of hydrogen-bond donors (Lipinski definition) is 0. The predicted octanol–water partition coefficient (Wildman–Crippen LogP) is 10.1. The molecule has 5 nitrogen and oxygen atoms in total. The summed E-state index contributed by atoms with van der Waals surface area (Å²) < 4.78 is 4.52. The molecule has 5 heteroatoms. The van der Waals surface area contributed by atoms with Gasteiger partial charge < -0.3 is 4.90 Å². The molecule has 0 aliphatic carbocycles. The minimum atomic E-state index is 0.947. The molecule has 4 heterocycles. The van der Waals surface area contributed by atoms with Gasteiger partial charge in [0.1, 0.15) is 11.3 Å². The summed E-state index contributed by atoms with van der Waals surface area (Å²) in [6, 6.07) is 53.3. The van der Waals surface area contributed by atoms with E-state index < -0.39 is 0 Å². The van der Waals surface area contributed by atoms with Crippen LogP contribution in [0.15, 0.2) is 164 Å². The van der Waals surface area contributed by atoms with Crippen molar-refractivity contribution in [2.24, 2.45) is 0 Å². The molecule has 0 N–H and O–H groups in total. The Labute approximate surface area is 259 Å². The molecular weight excluding hydrogens is 550 g/mol. The Kier molecular flexibility index (Phi) is 5.74. The zero-order valence-corrected chi connectivity index (χ0v) is 24.3. The lowest BCUT2D eigenvalue weighted by Gasteiger charge is -2.26. The first-order chi connectivity index (χ1) is 22.3. The van der Waals surface area contributed by atoms with Crippen LogP contribution < -0.4 is 4.90 Å². The van der Waals surface area contributed by atoms with Crippen molar-refractivity contribution in [2.45, 2.75) is 0 Å². The molecule has 0 spiro atoms. The summed E-state index contributed by atoms with van der Waals surface area (Å²) in [5, 5.41) is 4.67. The molecule has 0 saturated heterocycles. The summed E-state index contributed by atoms with van der Waals surface area (Å²) in [5.74, 6) is 0. The maximum Gasteiger partial charge on any atom is 0.145 e. The monoisotopic (exact) mass is 577 g/mol. The number of para-hydroxylation sites is 3. The lowest BCUT2D eigenvalue weighted by Crippen LogP contribution is -2.11. The highest BCUT2D eigenvalue weighted by molar-refractivity contribution is 6.08. The van der Waals surface area contributed by atoms with E-state index in [9.17, 15) is 0 Å². The van der Waals surface area contributed by atoms with E-state index in [0.29, 0.717) is 0 Å². The molecule has 0 amide bonds. The van der Waals surface area contributed by atoms with Gasteiger partial charge in [0.15, 0.2) is 0 Å². The van der Waals surface area contributed by atoms with Crippen molar-refractivity contribution >= 4 is 60.9 Å². The van der Waals surface area contributed by atoms with Gasteiger partial charge in [0.25, 0.3) is 0 Å². The van der Waals surface area contributed by atoms with Gasteiger partial charge in [0.05, 0.1) is 11.0 Å². The average Bonchev–Trinajstić information content (AvgIpc) is 3.62. The van der Waals surface area contributed by atoms with E-state index in [1.54, 1.807) is 0 Å². The zero-order chi connectivity index (χ0) is 29.7. The molecule has 9 rings (SSSR count). The van der Waals surface area contributed by atoms with Crippen LogP contribution in [0, 0.1) is 0 Å². The second-order valence-electron chi connectivity index (χ2n) is 11.2. The Hall–Kier alpha value is -6.20. The molecule has 0 unspecified atom stereocenters. The molecule has 0 radical (unpaired) electrons. The molecule has 45 heavy (non-hydrogen) atoms. The number of rotatable bonds is 5. The van der Waals surface area contributed by atoms with E-state index in [2.05, 4.69) is 154 Å². The van der Waals surface area contributed by atoms with Gasteiger partial charge in [0.2, 0.25) is 0 Å². The lowest BCUT2D eigenvalue weighted by atomic mass is 10.1. The lowest BCUT2D eigenvalue weighted by molar-refractivity contribution is 1.12. The van der Waals surface area contributed by atoms with E-state index in [1.807, 2.05) is 24.5 Å². The van der Waals surface area contributed by atoms with Crippen LogP contribution in [0.2, 0.25) is 0 Å². The van der Waals surface area contributed by atoms with Crippen molar-refractivity contribution in [1.29, 1.82) is 0 Å². The number of fused-ring (bicyclic) bond motifs is 6. The fourth-order valence-electron chi connectivity index (χ4n) is 6.68. The van der Waals surface area contributed by atoms with Crippen LogP contribution in [0.3, 0.4) is 0 Å².